The van der Waals surface area contributed by atoms with E-state index in [1.165, 1.54) is 21.8 Å². The molecule has 1 aromatic heterocycles. The second-order valence-corrected chi connectivity index (χ2v) is 3.99. The van der Waals surface area contributed by atoms with Crippen molar-refractivity contribution >= 4 is 21.8 Å². The molecule has 2 heteroatoms. The van der Waals surface area contributed by atoms with Gasteiger partial charge in [0.05, 0.1) is 14.1 Å². The van der Waals surface area contributed by atoms with Crippen LogP contribution in [-0.4, -0.2) is 4.57 Å². The molecule has 2 nitrogen and oxygen atoms in total. The van der Waals surface area contributed by atoms with Crippen molar-refractivity contribution < 1.29 is 4.57 Å². The van der Waals surface area contributed by atoms with Crippen molar-refractivity contribution in [3.63, 3.8) is 0 Å². The molecule has 0 saturated heterocycles. The maximum absolute atomic E-state index is 2.18. The lowest BCUT2D eigenvalue weighted by Crippen LogP contribution is -2.25. The molecular weight excluding hydrogens is 232 g/mol. The predicted octanol–water partition coefficient (Wildman–Crippen LogP) is 4.21. The fraction of sp³-hybridized carbons (Fsp3) is 0.353. The number of aryl methyl sites for hydroxylation is 2. The monoisotopic (exact) mass is 257 g/mol. The summed E-state index contributed by atoms with van der Waals surface area (Å²) in [6, 6.07) is 12.9. The van der Waals surface area contributed by atoms with E-state index in [2.05, 4.69) is 66.0 Å². The quantitative estimate of drug-likeness (QED) is 0.533. The zero-order chi connectivity index (χ0) is 14.4. The molecule has 1 heterocycles. The van der Waals surface area contributed by atoms with Crippen LogP contribution >= 0.6 is 0 Å². The van der Waals surface area contributed by atoms with Crippen LogP contribution in [0.3, 0.4) is 0 Å². The first-order valence-electron chi connectivity index (χ1n) is 7.10. The van der Waals surface area contributed by atoms with Crippen molar-refractivity contribution in [3.05, 3.63) is 42.7 Å². The minimum atomic E-state index is 1.27. The molecule has 102 valence electrons. The largest absolute Gasteiger partial charge is 0.244 e. The predicted molar refractivity (Wildman–Crippen MR) is 84.3 cm³/mol. The minimum Gasteiger partial charge on any atom is -0.233 e. The third kappa shape index (κ3) is 2.78. The first-order chi connectivity index (χ1) is 9.27. The van der Waals surface area contributed by atoms with Crippen LogP contribution in [0.25, 0.3) is 21.8 Å². The summed E-state index contributed by atoms with van der Waals surface area (Å²) in [5.74, 6) is 0. The van der Waals surface area contributed by atoms with Gasteiger partial charge >= 0.3 is 0 Å². The van der Waals surface area contributed by atoms with Gasteiger partial charge in [0.1, 0.15) is 0 Å². The average molecular weight is 257 g/mol. The lowest BCUT2D eigenvalue weighted by atomic mass is 10.1. The van der Waals surface area contributed by atoms with Gasteiger partial charge < -0.3 is 0 Å². The van der Waals surface area contributed by atoms with Crippen molar-refractivity contribution in [3.8, 4) is 0 Å². The maximum atomic E-state index is 2.18. The highest BCUT2D eigenvalue weighted by molar-refractivity contribution is 6.02. The molecule has 0 radical (unpaired) electrons. The highest BCUT2D eigenvalue weighted by atomic mass is 15.1. The van der Waals surface area contributed by atoms with E-state index in [1.807, 2.05) is 27.7 Å². The fourth-order valence-electron chi connectivity index (χ4n) is 2.28. The highest BCUT2D eigenvalue weighted by Crippen LogP contribution is 2.22. The van der Waals surface area contributed by atoms with Gasteiger partial charge in [-0.25, -0.2) is 9.13 Å². The Morgan fingerprint density at radius 1 is 0.895 bits per heavy atom. The van der Waals surface area contributed by atoms with E-state index in [-0.39, 0.29) is 0 Å². The molecule has 3 rings (SSSR count). The average Bonchev–Trinajstić information content (AvgIpc) is 2.78. The molecule has 0 N–H and O–H groups in total. The molecule has 0 amide bonds. The topological polar surface area (TPSA) is 8.81 Å². The van der Waals surface area contributed by atoms with Gasteiger partial charge in [-0.05, 0) is 23.6 Å². The van der Waals surface area contributed by atoms with Gasteiger partial charge in [0.15, 0.2) is 11.0 Å². The number of hydrogen-bond acceptors (Lipinski definition) is 0. The van der Waals surface area contributed by atoms with Crippen molar-refractivity contribution in [2.75, 3.05) is 0 Å². The Morgan fingerprint density at radius 3 is 2.21 bits per heavy atom. The number of benzene rings is 2. The molecule has 0 bridgehead atoms. The lowest BCUT2D eigenvalue weighted by molar-refractivity contribution is -0.644. The first-order valence-corrected chi connectivity index (χ1v) is 7.10. The van der Waals surface area contributed by atoms with Gasteiger partial charge in [-0.3, -0.25) is 0 Å². The number of fused-ring (bicyclic) bond motifs is 3. The summed E-state index contributed by atoms with van der Waals surface area (Å²) in [4.78, 5) is 0. The van der Waals surface area contributed by atoms with Gasteiger partial charge in [-0.2, -0.15) is 0 Å². The SMILES string of the molecule is CC.CC.Cn1c[n+](C)c2c3ccccc3ccc21. The number of nitrogens with zero attached hydrogens (tertiary/aromatic N) is 2. The summed E-state index contributed by atoms with van der Waals surface area (Å²) in [6.07, 6.45) is 2.11. The van der Waals surface area contributed by atoms with Crippen molar-refractivity contribution in [1.82, 2.24) is 4.57 Å². The Morgan fingerprint density at radius 2 is 1.53 bits per heavy atom. The second kappa shape index (κ2) is 6.93. The van der Waals surface area contributed by atoms with E-state index >= 15 is 0 Å². The van der Waals surface area contributed by atoms with E-state index in [1.54, 1.807) is 0 Å². The van der Waals surface area contributed by atoms with E-state index in [9.17, 15) is 0 Å². The summed E-state index contributed by atoms with van der Waals surface area (Å²) in [5.41, 5.74) is 2.58. The molecule has 0 saturated carbocycles. The van der Waals surface area contributed by atoms with Gasteiger partial charge in [-0.1, -0.05) is 45.9 Å². The minimum absolute atomic E-state index is 1.27. The zero-order valence-electron chi connectivity index (χ0n) is 12.9. The van der Waals surface area contributed by atoms with Crippen molar-refractivity contribution in [1.29, 1.82) is 0 Å². The van der Waals surface area contributed by atoms with Crippen LogP contribution in [0.5, 0.6) is 0 Å². The zero-order valence-corrected chi connectivity index (χ0v) is 12.9. The van der Waals surface area contributed by atoms with Gasteiger partial charge in [0, 0.05) is 5.39 Å². The third-order valence-electron chi connectivity index (χ3n) is 2.96. The van der Waals surface area contributed by atoms with E-state index in [0.29, 0.717) is 0 Å². The number of rotatable bonds is 0. The van der Waals surface area contributed by atoms with Crippen molar-refractivity contribution in [2.45, 2.75) is 27.7 Å². The Hall–Kier alpha value is -1.83. The summed E-state index contributed by atoms with van der Waals surface area (Å²) in [7, 11) is 4.17. The molecule has 0 aliphatic heterocycles. The number of aromatic nitrogens is 2. The van der Waals surface area contributed by atoms with Crippen LogP contribution in [0.1, 0.15) is 27.7 Å². The first kappa shape index (κ1) is 15.2. The summed E-state index contributed by atoms with van der Waals surface area (Å²) in [5, 5.41) is 2.62. The van der Waals surface area contributed by atoms with Gasteiger partial charge in [-0.15, -0.1) is 0 Å². The summed E-state index contributed by atoms with van der Waals surface area (Å²) in [6.45, 7) is 8.00. The Labute approximate surface area is 116 Å². The third-order valence-corrected chi connectivity index (χ3v) is 2.96. The summed E-state index contributed by atoms with van der Waals surface area (Å²) >= 11 is 0. The standard InChI is InChI=1S/C13H13N2.2C2H6/c1-14-9-15(2)13-11-6-4-3-5-10(11)7-8-12(13)14;2*1-2/h3-9H,1-2H3;2*1-2H3/q+1;;. The van der Waals surface area contributed by atoms with Gasteiger partial charge in [0.25, 0.3) is 0 Å². The maximum Gasteiger partial charge on any atom is 0.244 e. The molecule has 0 unspecified atom stereocenters. The number of hydrogen-bond donors (Lipinski definition) is 0. The Kier molecular flexibility index (Phi) is 5.56. The normalized spacial score (nSPS) is 9.58. The number of imidazole rings is 1. The molecule has 0 aliphatic rings. The molecule has 0 fully saturated rings. The fourth-order valence-corrected chi connectivity index (χ4v) is 2.28. The van der Waals surface area contributed by atoms with E-state index in [0.717, 1.165) is 0 Å². The smallest absolute Gasteiger partial charge is 0.233 e. The van der Waals surface area contributed by atoms with Crippen LogP contribution in [0, 0.1) is 0 Å². The molecule has 19 heavy (non-hydrogen) atoms. The van der Waals surface area contributed by atoms with E-state index < -0.39 is 0 Å². The lowest BCUT2D eigenvalue weighted by Gasteiger charge is -1.97. The Balaban J connectivity index is 0.000000415. The highest BCUT2D eigenvalue weighted by Gasteiger charge is 2.12. The van der Waals surface area contributed by atoms with Crippen molar-refractivity contribution in [2.24, 2.45) is 14.1 Å². The molecule has 0 spiro atoms. The second-order valence-electron chi connectivity index (χ2n) is 3.99. The molecule has 2 aromatic carbocycles. The van der Waals surface area contributed by atoms with Crippen LogP contribution in [0.15, 0.2) is 42.7 Å². The molecule has 3 aromatic rings. The molecule has 0 atom stereocenters. The molecular formula is C17H25N2+. The van der Waals surface area contributed by atoms with Gasteiger partial charge in [0.2, 0.25) is 6.33 Å². The van der Waals surface area contributed by atoms with Crippen LogP contribution in [0.4, 0.5) is 0 Å². The summed E-state index contributed by atoms with van der Waals surface area (Å²) < 4.78 is 4.33. The van der Waals surface area contributed by atoms with Crippen LogP contribution in [-0.2, 0) is 14.1 Å². The Bertz CT molecular complexity index is 651. The van der Waals surface area contributed by atoms with Crippen LogP contribution < -0.4 is 4.57 Å². The van der Waals surface area contributed by atoms with E-state index in [4.69, 9.17) is 0 Å². The van der Waals surface area contributed by atoms with Crippen LogP contribution in [0.2, 0.25) is 0 Å². The molecule has 0 aliphatic carbocycles.